The van der Waals surface area contributed by atoms with Gasteiger partial charge >= 0.3 is 8.80 Å². The molecule has 0 aliphatic carbocycles. The minimum atomic E-state index is -2.48. The molecule has 0 unspecified atom stereocenters. The molecule has 118 valence electrons. The van der Waals surface area contributed by atoms with Crippen LogP contribution in [0.4, 0.5) is 0 Å². The van der Waals surface area contributed by atoms with Crippen LogP contribution in [-0.2, 0) is 13.3 Å². The van der Waals surface area contributed by atoms with Crippen LogP contribution < -0.4 is 0 Å². The quantitative estimate of drug-likeness (QED) is 0.330. The lowest BCUT2D eigenvalue weighted by Crippen LogP contribution is -2.46. The molecule has 0 heterocycles. The monoisotopic (exact) mass is 301 g/mol. The first-order chi connectivity index (χ1) is 9.49. The summed E-state index contributed by atoms with van der Waals surface area (Å²) in [7, 11) is -2.48. The highest BCUT2D eigenvalue weighted by atomic mass is 28.4. The van der Waals surface area contributed by atoms with E-state index in [0.717, 1.165) is 24.7 Å². The van der Waals surface area contributed by atoms with Crippen molar-refractivity contribution in [1.29, 1.82) is 0 Å². The zero-order chi connectivity index (χ0) is 15.4. The summed E-state index contributed by atoms with van der Waals surface area (Å²) in [5, 5.41) is 0. The van der Waals surface area contributed by atoms with Gasteiger partial charge in [0.25, 0.3) is 0 Å². The molecule has 0 amide bonds. The lowest BCUT2D eigenvalue weighted by atomic mass is 10.2. The van der Waals surface area contributed by atoms with E-state index >= 15 is 0 Å². The van der Waals surface area contributed by atoms with E-state index in [9.17, 15) is 0 Å². The summed E-state index contributed by atoms with van der Waals surface area (Å²) >= 11 is 0. The molecule has 5 heteroatoms. The van der Waals surface area contributed by atoms with Gasteiger partial charge in [-0.15, -0.1) is 0 Å². The molecule has 0 aromatic heterocycles. The van der Waals surface area contributed by atoms with Crippen LogP contribution in [0.5, 0.6) is 0 Å². The second kappa shape index (κ2) is 11.2. The van der Waals surface area contributed by atoms with Crippen LogP contribution in [0.2, 0.25) is 6.04 Å². The van der Waals surface area contributed by atoms with Crippen molar-refractivity contribution >= 4 is 14.5 Å². The number of hydrogen-bond donors (Lipinski definition) is 0. The minimum absolute atomic E-state index is 0.631. The average Bonchev–Trinajstić information content (AvgIpc) is 2.35. The first-order valence-electron chi connectivity index (χ1n) is 7.57. The van der Waals surface area contributed by atoms with Gasteiger partial charge in [0.15, 0.2) is 0 Å². The predicted octanol–water partition coefficient (Wildman–Crippen LogP) is 3.85. The topological polar surface area (TPSA) is 40.0 Å². The van der Waals surface area contributed by atoms with Gasteiger partial charge in [-0.05, 0) is 54.0 Å². The highest BCUT2D eigenvalue weighted by molar-refractivity contribution is 6.60. The van der Waals surface area contributed by atoms with Gasteiger partial charge in [0.1, 0.15) is 0 Å². The first kappa shape index (κ1) is 19.5. The third kappa shape index (κ3) is 8.63. The maximum absolute atomic E-state index is 5.82. The zero-order valence-corrected chi connectivity index (χ0v) is 15.0. The summed E-state index contributed by atoms with van der Waals surface area (Å²) in [6, 6.07) is 0.828. The normalized spacial score (nSPS) is 12.6. The van der Waals surface area contributed by atoms with Gasteiger partial charge < -0.3 is 13.3 Å². The molecule has 0 fully saturated rings. The molecule has 0 aliphatic heterocycles. The molecule has 0 aromatic carbocycles. The second-order valence-electron chi connectivity index (χ2n) is 4.83. The van der Waals surface area contributed by atoms with Crippen molar-refractivity contribution in [3.63, 3.8) is 0 Å². The van der Waals surface area contributed by atoms with E-state index in [4.69, 9.17) is 13.3 Å². The van der Waals surface area contributed by atoms with Gasteiger partial charge in [-0.2, -0.15) is 0 Å². The van der Waals surface area contributed by atoms with Crippen molar-refractivity contribution in [1.82, 2.24) is 0 Å². The molecule has 4 nitrogen and oxygen atoms in total. The highest BCUT2D eigenvalue weighted by Crippen LogP contribution is 2.18. The van der Waals surface area contributed by atoms with E-state index in [2.05, 4.69) is 24.9 Å². The van der Waals surface area contributed by atoms with Crippen molar-refractivity contribution in [3.05, 3.63) is 11.6 Å². The van der Waals surface area contributed by atoms with E-state index in [-0.39, 0.29) is 0 Å². The summed E-state index contributed by atoms with van der Waals surface area (Å²) in [5.41, 5.74) is 2.34. The van der Waals surface area contributed by atoms with E-state index in [0.29, 0.717) is 19.8 Å². The molecule has 0 saturated carbocycles. The number of aliphatic imine (C=N–C) groups is 1. The van der Waals surface area contributed by atoms with Gasteiger partial charge in [-0.25, -0.2) is 0 Å². The molecule has 0 bridgehead atoms. The SMILES string of the molecule is CCO[Si](CCCN=C(C)C=C(C)C)(OCC)OCC. The van der Waals surface area contributed by atoms with Crippen LogP contribution in [0.15, 0.2) is 16.6 Å². The molecule has 0 saturated heterocycles. The predicted molar refractivity (Wildman–Crippen MR) is 87.5 cm³/mol. The molecular weight excluding hydrogens is 270 g/mol. The van der Waals surface area contributed by atoms with Gasteiger partial charge in [0.2, 0.25) is 0 Å². The molecule has 0 rings (SSSR count). The second-order valence-corrected chi connectivity index (χ2v) is 7.56. The molecule has 0 aromatic rings. The van der Waals surface area contributed by atoms with Gasteiger partial charge in [0, 0.05) is 38.1 Å². The van der Waals surface area contributed by atoms with Crippen molar-refractivity contribution in [2.45, 2.75) is 54.0 Å². The maximum Gasteiger partial charge on any atom is 0.500 e. The minimum Gasteiger partial charge on any atom is -0.374 e. The number of hydrogen-bond acceptors (Lipinski definition) is 4. The van der Waals surface area contributed by atoms with Crippen LogP contribution >= 0.6 is 0 Å². The van der Waals surface area contributed by atoms with E-state index in [1.54, 1.807) is 0 Å². The molecule has 0 radical (unpaired) electrons. The van der Waals surface area contributed by atoms with Crippen LogP contribution in [0.1, 0.15) is 48.0 Å². The van der Waals surface area contributed by atoms with Crippen molar-refractivity contribution in [3.8, 4) is 0 Å². The lowest BCUT2D eigenvalue weighted by molar-refractivity contribution is 0.0710. The van der Waals surface area contributed by atoms with Crippen molar-refractivity contribution in [2.24, 2.45) is 4.99 Å². The Balaban J connectivity index is 4.42. The molecule has 20 heavy (non-hydrogen) atoms. The number of rotatable bonds is 11. The Kier molecular flexibility index (Phi) is 10.9. The van der Waals surface area contributed by atoms with Crippen LogP contribution in [0.3, 0.4) is 0 Å². The van der Waals surface area contributed by atoms with Crippen molar-refractivity contribution in [2.75, 3.05) is 26.4 Å². The maximum atomic E-state index is 5.82. The standard InChI is InChI=1S/C15H31NO3Si/c1-7-17-20(18-8-2,19-9-3)12-10-11-16-15(6)13-14(4)5/h13H,7-12H2,1-6H3. The largest absolute Gasteiger partial charge is 0.500 e. The molecule has 0 aliphatic rings. The lowest BCUT2D eigenvalue weighted by Gasteiger charge is -2.28. The number of nitrogens with zero attached hydrogens (tertiary/aromatic N) is 1. The Morgan fingerprint density at radius 3 is 1.85 bits per heavy atom. The summed E-state index contributed by atoms with van der Waals surface area (Å²) in [5.74, 6) is 0. The summed E-state index contributed by atoms with van der Waals surface area (Å²) in [6.07, 6.45) is 3.03. The van der Waals surface area contributed by atoms with E-state index in [1.807, 2.05) is 27.7 Å². The molecule has 0 N–H and O–H groups in total. The Bertz CT molecular complexity index is 295. The molecular formula is C15H31NO3Si. The fourth-order valence-electron chi connectivity index (χ4n) is 2.02. The summed E-state index contributed by atoms with van der Waals surface area (Å²) in [6.45, 7) is 14.8. The zero-order valence-electron chi connectivity index (χ0n) is 14.0. The van der Waals surface area contributed by atoms with Crippen molar-refractivity contribution < 1.29 is 13.3 Å². The summed E-state index contributed by atoms with van der Waals surface area (Å²) in [4.78, 5) is 4.54. The summed E-state index contributed by atoms with van der Waals surface area (Å²) < 4.78 is 17.4. The van der Waals surface area contributed by atoms with E-state index < -0.39 is 8.80 Å². The fraction of sp³-hybridized carbons (Fsp3) is 0.800. The molecule has 0 spiro atoms. The first-order valence-corrected chi connectivity index (χ1v) is 9.50. The Morgan fingerprint density at radius 1 is 0.950 bits per heavy atom. The van der Waals surface area contributed by atoms with Gasteiger partial charge in [-0.3, -0.25) is 4.99 Å². The third-order valence-corrected chi connectivity index (χ3v) is 5.74. The number of allylic oxidation sites excluding steroid dienone is 2. The van der Waals surface area contributed by atoms with Crippen LogP contribution in [0, 0.1) is 0 Å². The molecule has 0 atom stereocenters. The third-order valence-electron chi connectivity index (χ3n) is 2.59. The smallest absolute Gasteiger partial charge is 0.374 e. The highest BCUT2D eigenvalue weighted by Gasteiger charge is 2.39. The Labute approximate surface area is 125 Å². The van der Waals surface area contributed by atoms with E-state index in [1.165, 1.54) is 5.57 Å². The fourth-order valence-corrected chi connectivity index (χ4v) is 4.61. The Hall–Kier alpha value is -0.493. The van der Waals surface area contributed by atoms with Gasteiger partial charge in [0.05, 0.1) is 0 Å². The Morgan fingerprint density at radius 2 is 1.45 bits per heavy atom. The van der Waals surface area contributed by atoms with Crippen LogP contribution in [-0.4, -0.2) is 40.9 Å². The average molecular weight is 302 g/mol. The van der Waals surface area contributed by atoms with Crippen LogP contribution in [0.25, 0.3) is 0 Å². The van der Waals surface area contributed by atoms with Gasteiger partial charge in [-0.1, -0.05) is 5.57 Å².